The number of carbonyl (C=O) groups is 1. The lowest BCUT2D eigenvalue weighted by Gasteiger charge is -2.49. The fourth-order valence-corrected chi connectivity index (χ4v) is 5.56. The first kappa shape index (κ1) is 12.2. The maximum atomic E-state index is 13.1. The van der Waals surface area contributed by atoms with E-state index in [-0.39, 0.29) is 5.41 Å². The van der Waals surface area contributed by atoms with Crippen LogP contribution in [0.15, 0.2) is 0 Å². The summed E-state index contributed by atoms with van der Waals surface area (Å²) in [5, 5.41) is 0. The molecule has 1 heterocycles. The number of fused-ring (bicyclic) bond motifs is 1. The summed E-state index contributed by atoms with van der Waals surface area (Å²) in [7, 11) is 0. The Labute approximate surface area is 115 Å². The Bertz CT molecular complexity index is 359. The van der Waals surface area contributed by atoms with Crippen LogP contribution in [0.2, 0.25) is 0 Å². The Balaban J connectivity index is 1.59. The zero-order valence-electron chi connectivity index (χ0n) is 11.8. The van der Waals surface area contributed by atoms with Crippen molar-refractivity contribution in [3.8, 4) is 0 Å². The Hall–Kier alpha value is -0.570. The third-order valence-corrected chi connectivity index (χ3v) is 6.11. The van der Waals surface area contributed by atoms with Crippen LogP contribution in [-0.2, 0) is 9.53 Å². The second-order valence-corrected chi connectivity index (χ2v) is 7.44. The second kappa shape index (κ2) is 4.47. The van der Waals surface area contributed by atoms with Gasteiger partial charge in [0.25, 0.3) is 0 Å². The minimum Gasteiger partial charge on any atom is -0.378 e. The van der Waals surface area contributed by atoms with E-state index in [1.807, 2.05) is 0 Å². The van der Waals surface area contributed by atoms with Gasteiger partial charge in [-0.2, -0.15) is 0 Å². The quantitative estimate of drug-likeness (QED) is 0.727. The summed E-state index contributed by atoms with van der Waals surface area (Å²) in [5.41, 5.74) is 0.0321. The zero-order valence-corrected chi connectivity index (χ0v) is 11.8. The highest BCUT2D eigenvalue weighted by Gasteiger charge is 2.53. The van der Waals surface area contributed by atoms with Crippen LogP contribution in [-0.4, -0.2) is 37.1 Å². The summed E-state index contributed by atoms with van der Waals surface area (Å²) in [5.74, 6) is 3.02. The molecule has 0 spiro atoms. The molecule has 0 aromatic heterocycles. The van der Waals surface area contributed by atoms with Crippen molar-refractivity contribution in [3.63, 3.8) is 0 Å². The average molecular weight is 263 g/mol. The lowest BCUT2D eigenvalue weighted by atomic mass is 9.58. The molecule has 3 nitrogen and oxygen atoms in total. The van der Waals surface area contributed by atoms with Gasteiger partial charge in [-0.05, 0) is 49.9 Å². The molecule has 1 aliphatic heterocycles. The Morgan fingerprint density at radius 2 is 1.53 bits per heavy atom. The third-order valence-electron chi connectivity index (χ3n) is 6.11. The van der Waals surface area contributed by atoms with E-state index >= 15 is 0 Å². The number of ether oxygens (including phenoxy) is 1. The standard InChI is InChI=1S/C16H25NO2/c18-15(17-3-5-19-6-4-17)16-9-12-1-2-13(10-16)8-14(7-12)11-16/h12-14H,1-11H2. The van der Waals surface area contributed by atoms with Crippen molar-refractivity contribution in [3.05, 3.63) is 0 Å². The smallest absolute Gasteiger partial charge is 0.228 e. The van der Waals surface area contributed by atoms with Crippen molar-refractivity contribution >= 4 is 5.91 Å². The SMILES string of the molecule is O=C(N1CCOCC1)C12CC3CCC(CC(C3)C1)C2. The van der Waals surface area contributed by atoms with Crippen molar-refractivity contribution in [2.75, 3.05) is 26.3 Å². The van der Waals surface area contributed by atoms with Crippen molar-refractivity contribution in [2.24, 2.45) is 23.2 Å². The van der Waals surface area contributed by atoms with E-state index in [0.717, 1.165) is 44.1 Å². The van der Waals surface area contributed by atoms with Gasteiger partial charge in [0.2, 0.25) is 5.91 Å². The fourth-order valence-electron chi connectivity index (χ4n) is 5.56. The molecule has 5 fully saturated rings. The number of hydrogen-bond donors (Lipinski definition) is 0. The van der Waals surface area contributed by atoms with Crippen molar-refractivity contribution in [1.29, 1.82) is 0 Å². The van der Waals surface area contributed by atoms with Gasteiger partial charge in [0.15, 0.2) is 0 Å². The van der Waals surface area contributed by atoms with E-state index in [1.165, 1.54) is 44.9 Å². The Morgan fingerprint density at radius 1 is 0.947 bits per heavy atom. The predicted molar refractivity (Wildman–Crippen MR) is 72.6 cm³/mol. The maximum absolute atomic E-state index is 13.1. The highest BCUT2D eigenvalue weighted by atomic mass is 16.5. The number of rotatable bonds is 1. The molecular formula is C16H25NO2. The lowest BCUT2D eigenvalue weighted by Crippen LogP contribution is -2.53. The first-order valence-electron chi connectivity index (χ1n) is 8.12. The van der Waals surface area contributed by atoms with Gasteiger partial charge in [-0.15, -0.1) is 0 Å². The summed E-state index contributed by atoms with van der Waals surface area (Å²) in [6.45, 7) is 3.11. The molecule has 19 heavy (non-hydrogen) atoms. The van der Waals surface area contributed by atoms with Crippen molar-refractivity contribution < 1.29 is 9.53 Å². The number of morpholine rings is 1. The Morgan fingerprint density at radius 3 is 2.16 bits per heavy atom. The van der Waals surface area contributed by atoms with E-state index in [0.29, 0.717) is 5.91 Å². The molecule has 5 rings (SSSR count). The van der Waals surface area contributed by atoms with Gasteiger partial charge in [0, 0.05) is 13.1 Å². The third kappa shape index (κ3) is 2.01. The average Bonchev–Trinajstić information content (AvgIpc) is 2.65. The molecule has 0 aromatic carbocycles. The van der Waals surface area contributed by atoms with E-state index in [1.54, 1.807) is 0 Å². The van der Waals surface area contributed by atoms with Crippen LogP contribution in [0.1, 0.15) is 44.9 Å². The van der Waals surface area contributed by atoms with Crippen LogP contribution in [0.4, 0.5) is 0 Å². The monoisotopic (exact) mass is 263 g/mol. The number of amides is 1. The highest BCUT2D eigenvalue weighted by Crippen LogP contribution is 2.58. The van der Waals surface area contributed by atoms with Gasteiger partial charge < -0.3 is 9.64 Å². The normalized spacial score (nSPS) is 45.3. The summed E-state index contributed by atoms with van der Waals surface area (Å²) < 4.78 is 5.40. The molecule has 4 aliphatic carbocycles. The molecular weight excluding hydrogens is 238 g/mol. The van der Waals surface area contributed by atoms with Gasteiger partial charge in [-0.1, -0.05) is 12.8 Å². The van der Waals surface area contributed by atoms with Crippen molar-refractivity contribution in [2.45, 2.75) is 44.9 Å². The zero-order chi connectivity index (χ0) is 12.9. The van der Waals surface area contributed by atoms with Gasteiger partial charge >= 0.3 is 0 Å². The molecule has 2 atom stereocenters. The first-order chi connectivity index (χ1) is 9.25. The topological polar surface area (TPSA) is 29.5 Å². The highest BCUT2D eigenvalue weighted by molar-refractivity contribution is 5.83. The molecule has 0 aromatic rings. The van der Waals surface area contributed by atoms with Crippen LogP contribution in [0.5, 0.6) is 0 Å². The van der Waals surface area contributed by atoms with Gasteiger partial charge in [-0.3, -0.25) is 4.79 Å². The van der Waals surface area contributed by atoms with E-state index in [2.05, 4.69) is 4.90 Å². The largest absolute Gasteiger partial charge is 0.378 e. The number of nitrogens with zero attached hydrogens (tertiary/aromatic N) is 1. The van der Waals surface area contributed by atoms with Crippen LogP contribution < -0.4 is 0 Å². The molecule has 3 heteroatoms. The minimum atomic E-state index is 0.0321. The van der Waals surface area contributed by atoms with Gasteiger partial charge in [0.1, 0.15) is 0 Å². The molecule has 5 aliphatic rings. The van der Waals surface area contributed by atoms with Crippen LogP contribution in [0.25, 0.3) is 0 Å². The molecule has 1 saturated heterocycles. The fraction of sp³-hybridized carbons (Fsp3) is 0.938. The predicted octanol–water partition coefficient (Wildman–Crippen LogP) is 2.45. The second-order valence-electron chi connectivity index (χ2n) is 7.44. The first-order valence-corrected chi connectivity index (χ1v) is 8.12. The van der Waals surface area contributed by atoms with Crippen molar-refractivity contribution in [1.82, 2.24) is 4.90 Å². The summed E-state index contributed by atoms with van der Waals surface area (Å²) in [4.78, 5) is 15.2. The molecule has 4 saturated carbocycles. The molecule has 0 radical (unpaired) electrons. The lowest BCUT2D eigenvalue weighted by molar-refractivity contribution is -0.154. The van der Waals surface area contributed by atoms with Crippen LogP contribution in [0.3, 0.4) is 0 Å². The summed E-state index contributed by atoms with van der Waals surface area (Å²) >= 11 is 0. The van der Waals surface area contributed by atoms with E-state index in [9.17, 15) is 4.79 Å². The molecule has 1 amide bonds. The number of carbonyl (C=O) groups excluding carboxylic acids is 1. The van der Waals surface area contributed by atoms with Crippen LogP contribution >= 0.6 is 0 Å². The van der Waals surface area contributed by atoms with E-state index < -0.39 is 0 Å². The number of hydrogen-bond acceptors (Lipinski definition) is 2. The Kier molecular flexibility index (Phi) is 2.87. The summed E-state index contributed by atoms with van der Waals surface area (Å²) in [6.07, 6.45) is 9.17. The van der Waals surface area contributed by atoms with Crippen LogP contribution in [0, 0.1) is 23.2 Å². The molecule has 4 bridgehead atoms. The molecule has 0 N–H and O–H groups in total. The summed E-state index contributed by atoms with van der Waals surface area (Å²) in [6, 6.07) is 0. The van der Waals surface area contributed by atoms with Gasteiger partial charge in [-0.25, -0.2) is 0 Å². The minimum absolute atomic E-state index is 0.0321. The molecule has 2 unspecified atom stereocenters. The van der Waals surface area contributed by atoms with E-state index in [4.69, 9.17) is 4.74 Å². The van der Waals surface area contributed by atoms with Gasteiger partial charge in [0.05, 0.1) is 18.6 Å². The maximum Gasteiger partial charge on any atom is 0.228 e. The molecule has 106 valence electrons.